The molecule has 22 heavy (non-hydrogen) atoms. The topological polar surface area (TPSA) is 47.6 Å². The Morgan fingerprint density at radius 2 is 1.95 bits per heavy atom. The number of carbonyl (C=O) groups is 1. The monoisotopic (exact) mass is 299 g/mol. The number of carbonyl (C=O) groups excluding carboxylic acids is 1. The molecular weight excluding hydrogens is 278 g/mol. The Morgan fingerprint density at radius 3 is 2.68 bits per heavy atom. The minimum atomic E-state index is -0.167. The molecule has 0 aliphatic heterocycles. The van der Waals surface area contributed by atoms with E-state index in [4.69, 9.17) is 9.47 Å². The van der Waals surface area contributed by atoms with E-state index in [1.54, 1.807) is 7.11 Å². The fourth-order valence-electron chi connectivity index (χ4n) is 2.24. The summed E-state index contributed by atoms with van der Waals surface area (Å²) in [6.45, 7) is 3.89. The molecule has 0 saturated carbocycles. The molecule has 2 rings (SSSR count). The number of rotatable bonds is 6. The molecule has 4 heteroatoms. The van der Waals surface area contributed by atoms with E-state index in [-0.39, 0.29) is 18.6 Å². The molecule has 4 nitrogen and oxygen atoms in total. The van der Waals surface area contributed by atoms with Gasteiger partial charge in [0, 0.05) is 5.56 Å². The summed E-state index contributed by atoms with van der Waals surface area (Å²) in [7, 11) is 1.62. The standard InChI is InChI=1S/C18H21NO3/c1-13-7-6-8-15(11-13)22-12-18(20)19-14(2)16-9-4-5-10-17(16)21-3/h4-11,14H,12H2,1-3H3,(H,19,20)/t14-/m0/s1. The Bertz CT molecular complexity index is 640. The number of methoxy groups -OCH3 is 1. The van der Waals surface area contributed by atoms with Gasteiger partial charge in [-0.15, -0.1) is 0 Å². The smallest absolute Gasteiger partial charge is 0.258 e. The molecule has 0 aromatic heterocycles. The van der Waals surface area contributed by atoms with Gasteiger partial charge in [0.2, 0.25) is 0 Å². The second kappa shape index (κ2) is 7.50. The van der Waals surface area contributed by atoms with Gasteiger partial charge in [-0.1, -0.05) is 30.3 Å². The number of para-hydroxylation sites is 1. The normalized spacial score (nSPS) is 11.6. The van der Waals surface area contributed by atoms with Gasteiger partial charge >= 0.3 is 0 Å². The van der Waals surface area contributed by atoms with Crippen LogP contribution in [0.2, 0.25) is 0 Å². The molecule has 0 unspecified atom stereocenters. The summed E-state index contributed by atoms with van der Waals surface area (Å²) >= 11 is 0. The van der Waals surface area contributed by atoms with Crippen LogP contribution in [0.5, 0.6) is 11.5 Å². The molecule has 1 amide bonds. The maximum absolute atomic E-state index is 12.0. The maximum atomic E-state index is 12.0. The third kappa shape index (κ3) is 4.25. The molecule has 0 aliphatic rings. The highest BCUT2D eigenvalue weighted by molar-refractivity contribution is 5.78. The second-order valence-electron chi connectivity index (χ2n) is 5.14. The van der Waals surface area contributed by atoms with Crippen LogP contribution in [0.25, 0.3) is 0 Å². The minimum absolute atomic E-state index is 0.0110. The molecule has 0 heterocycles. The van der Waals surface area contributed by atoms with E-state index in [1.807, 2.05) is 62.4 Å². The van der Waals surface area contributed by atoms with Crippen molar-refractivity contribution < 1.29 is 14.3 Å². The van der Waals surface area contributed by atoms with Gasteiger partial charge in [-0.3, -0.25) is 4.79 Å². The minimum Gasteiger partial charge on any atom is -0.496 e. The average Bonchev–Trinajstić information content (AvgIpc) is 2.53. The Balaban J connectivity index is 1.91. The van der Waals surface area contributed by atoms with Crippen LogP contribution in [0, 0.1) is 6.92 Å². The summed E-state index contributed by atoms with van der Waals surface area (Å²) in [6, 6.07) is 15.1. The maximum Gasteiger partial charge on any atom is 0.258 e. The van der Waals surface area contributed by atoms with Crippen LogP contribution >= 0.6 is 0 Å². The summed E-state index contributed by atoms with van der Waals surface area (Å²) < 4.78 is 10.8. The molecule has 1 N–H and O–H groups in total. The zero-order valence-corrected chi connectivity index (χ0v) is 13.1. The average molecular weight is 299 g/mol. The molecule has 0 bridgehead atoms. The lowest BCUT2D eigenvalue weighted by molar-refractivity contribution is -0.123. The SMILES string of the molecule is COc1ccccc1[C@H](C)NC(=O)COc1cccc(C)c1. The number of benzene rings is 2. The van der Waals surface area contributed by atoms with Crippen molar-refractivity contribution >= 4 is 5.91 Å². The molecular formula is C18H21NO3. The third-order valence-corrected chi connectivity index (χ3v) is 3.34. The first kappa shape index (κ1) is 15.9. The van der Waals surface area contributed by atoms with Gasteiger partial charge in [0.25, 0.3) is 5.91 Å². The summed E-state index contributed by atoms with van der Waals surface area (Å²) in [5, 5.41) is 2.91. The zero-order valence-electron chi connectivity index (χ0n) is 13.1. The fraction of sp³-hybridized carbons (Fsp3) is 0.278. The van der Waals surface area contributed by atoms with Crippen LogP contribution < -0.4 is 14.8 Å². The molecule has 2 aromatic rings. The van der Waals surface area contributed by atoms with Gasteiger partial charge in [0.1, 0.15) is 11.5 Å². The number of nitrogens with one attached hydrogen (secondary N) is 1. The van der Waals surface area contributed by atoms with Crippen LogP contribution in [0.1, 0.15) is 24.1 Å². The lowest BCUT2D eigenvalue weighted by atomic mass is 10.1. The lowest BCUT2D eigenvalue weighted by Crippen LogP contribution is -2.31. The van der Waals surface area contributed by atoms with Gasteiger partial charge in [0.15, 0.2) is 6.61 Å². The molecule has 116 valence electrons. The van der Waals surface area contributed by atoms with Gasteiger partial charge < -0.3 is 14.8 Å². The van der Waals surface area contributed by atoms with Crippen LogP contribution in [0.4, 0.5) is 0 Å². The van der Waals surface area contributed by atoms with Crippen LogP contribution in [0.15, 0.2) is 48.5 Å². The second-order valence-corrected chi connectivity index (χ2v) is 5.14. The van der Waals surface area contributed by atoms with Crippen molar-refractivity contribution in [1.82, 2.24) is 5.32 Å². The molecule has 2 aromatic carbocycles. The van der Waals surface area contributed by atoms with Gasteiger partial charge in [-0.25, -0.2) is 0 Å². The largest absolute Gasteiger partial charge is 0.496 e. The van der Waals surface area contributed by atoms with Crippen LogP contribution in [0.3, 0.4) is 0 Å². The first-order valence-electron chi connectivity index (χ1n) is 7.22. The predicted molar refractivity (Wildman–Crippen MR) is 86.2 cm³/mol. The van der Waals surface area contributed by atoms with E-state index in [9.17, 15) is 4.79 Å². The van der Waals surface area contributed by atoms with Crippen LogP contribution in [-0.2, 0) is 4.79 Å². The fourth-order valence-corrected chi connectivity index (χ4v) is 2.24. The predicted octanol–water partition coefficient (Wildman–Crippen LogP) is 3.26. The van der Waals surface area contributed by atoms with Crippen molar-refractivity contribution in [1.29, 1.82) is 0 Å². The number of hydrogen-bond donors (Lipinski definition) is 1. The summed E-state index contributed by atoms with van der Waals surface area (Å²) in [6.07, 6.45) is 0. The first-order chi connectivity index (χ1) is 10.6. The number of hydrogen-bond acceptors (Lipinski definition) is 3. The Kier molecular flexibility index (Phi) is 5.42. The molecule has 0 aliphatic carbocycles. The first-order valence-corrected chi connectivity index (χ1v) is 7.22. The van der Waals surface area contributed by atoms with Crippen molar-refractivity contribution in [2.75, 3.05) is 13.7 Å². The zero-order chi connectivity index (χ0) is 15.9. The van der Waals surface area contributed by atoms with Crippen LogP contribution in [-0.4, -0.2) is 19.6 Å². The van der Waals surface area contributed by atoms with E-state index in [1.165, 1.54) is 0 Å². The van der Waals surface area contributed by atoms with E-state index in [2.05, 4.69) is 5.32 Å². The van der Waals surface area contributed by atoms with Gasteiger partial charge in [-0.05, 0) is 37.6 Å². The van der Waals surface area contributed by atoms with E-state index >= 15 is 0 Å². The Morgan fingerprint density at radius 1 is 1.18 bits per heavy atom. The van der Waals surface area contributed by atoms with E-state index in [0.717, 1.165) is 16.9 Å². The van der Waals surface area contributed by atoms with Crippen molar-refractivity contribution in [3.05, 3.63) is 59.7 Å². The Labute approximate surface area is 131 Å². The number of ether oxygens (including phenoxy) is 2. The van der Waals surface area contributed by atoms with E-state index in [0.29, 0.717) is 5.75 Å². The van der Waals surface area contributed by atoms with Crippen molar-refractivity contribution in [3.8, 4) is 11.5 Å². The van der Waals surface area contributed by atoms with Crippen molar-refractivity contribution in [2.24, 2.45) is 0 Å². The molecule has 0 fully saturated rings. The molecule has 0 saturated heterocycles. The lowest BCUT2D eigenvalue weighted by Gasteiger charge is -2.17. The highest BCUT2D eigenvalue weighted by Gasteiger charge is 2.13. The van der Waals surface area contributed by atoms with Gasteiger partial charge in [0.05, 0.1) is 13.2 Å². The van der Waals surface area contributed by atoms with E-state index < -0.39 is 0 Å². The number of amides is 1. The summed E-state index contributed by atoms with van der Waals surface area (Å²) in [5.74, 6) is 1.29. The summed E-state index contributed by atoms with van der Waals surface area (Å²) in [5.41, 5.74) is 2.04. The quantitative estimate of drug-likeness (QED) is 0.890. The molecule has 1 atom stereocenters. The Hall–Kier alpha value is -2.49. The molecule has 0 spiro atoms. The number of aryl methyl sites for hydroxylation is 1. The molecule has 0 radical (unpaired) electrons. The van der Waals surface area contributed by atoms with Crippen molar-refractivity contribution in [3.63, 3.8) is 0 Å². The highest BCUT2D eigenvalue weighted by atomic mass is 16.5. The van der Waals surface area contributed by atoms with Crippen molar-refractivity contribution in [2.45, 2.75) is 19.9 Å². The third-order valence-electron chi connectivity index (χ3n) is 3.34. The highest BCUT2D eigenvalue weighted by Crippen LogP contribution is 2.24. The van der Waals surface area contributed by atoms with Gasteiger partial charge in [-0.2, -0.15) is 0 Å². The summed E-state index contributed by atoms with van der Waals surface area (Å²) in [4.78, 5) is 12.0.